The normalized spacial score (nSPS) is 10.6. The number of fused-ring (bicyclic) bond motifs is 1. The van der Waals surface area contributed by atoms with Crippen LogP contribution in [0.2, 0.25) is 0 Å². The maximum absolute atomic E-state index is 13.4. The molecule has 0 bridgehead atoms. The summed E-state index contributed by atoms with van der Waals surface area (Å²) >= 11 is 0. The van der Waals surface area contributed by atoms with Gasteiger partial charge in [-0.05, 0) is 19.1 Å². The Balaban J connectivity index is 2.65. The molecule has 6 heteroatoms. The van der Waals surface area contributed by atoms with Crippen LogP contribution in [0.1, 0.15) is 17.3 Å². The predicted octanol–water partition coefficient (Wildman–Crippen LogP) is 2.27. The average molecular weight is 252 g/mol. The first kappa shape index (κ1) is 12.2. The number of pyridine rings is 1. The number of esters is 1. The lowest BCUT2D eigenvalue weighted by Gasteiger charge is -2.08. The Morgan fingerprint density at radius 3 is 2.83 bits per heavy atom. The molecule has 0 unspecified atom stereocenters. The minimum atomic E-state index is -1.09. The second-order valence-corrected chi connectivity index (χ2v) is 3.56. The van der Waals surface area contributed by atoms with Crippen LogP contribution in [0.25, 0.3) is 10.9 Å². The lowest BCUT2D eigenvalue weighted by atomic mass is 10.1. The Morgan fingerprint density at radius 1 is 1.44 bits per heavy atom. The second kappa shape index (κ2) is 4.56. The molecule has 2 aromatic rings. The number of anilines is 1. The molecule has 1 heterocycles. The molecule has 0 spiro atoms. The van der Waals surface area contributed by atoms with E-state index in [0.717, 1.165) is 12.3 Å². The Kier molecular flexibility index (Phi) is 3.10. The fraction of sp³-hybridized carbons (Fsp3) is 0.167. The first-order valence-electron chi connectivity index (χ1n) is 5.25. The van der Waals surface area contributed by atoms with Gasteiger partial charge in [-0.15, -0.1) is 0 Å². The van der Waals surface area contributed by atoms with Crippen molar-refractivity contribution in [2.45, 2.75) is 6.92 Å². The molecule has 0 saturated heterocycles. The van der Waals surface area contributed by atoms with E-state index >= 15 is 0 Å². The zero-order valence-electron chi connectivity index (χ0n) is 9.54. The zero-order chi connectivity index (χ0) is 13.3. The van der Waals surface area contributed by atoms with Crippen LogP contribution < -0.4 is 5.73 Å². The second-order valence-electron chi connectivity index (χ2n) is 3.56. The number of carbonyl (C=O) groups excluding carboxylic acids is 1. The van der Waals surface area contributed by atoms with Gasteiger partial charge in [0.1, 0.15) is 11.1 Å². The van der Waals surface area contributed by atoms with Crippen molar-refractivity contribution in [3.8, 4) is 0 Å². The molecule has 0 saturated carbocycles. The van der Waals surface area contributed by atoms with E-state index in [1.807, 2.05) is 0 Å². The van der Waals surface area contributed by atoms with Crippen LogP contribution in [-0.2, 0) is 4.74 Å². The highest BCUT2D eigenvalue weighted by Crippen LogP contribution is 2.26. The average Bonchev–Trinajstić information content (AvgIpc) is 2.34. The molecule has 0 atom stereocenters. The van der Waals surface area contributed by atoms with Gasteiger partial charge in [-0.25, -0.2) is 13.6 Å². The maximum atomic E-state index is 13.4. The van der Waals surface area contributed by atoms with E-state index in [2.05, 4.69) is 4.98 Å². The van der Waals surface area contributed by atoms with Gasteiger partial charge in [0.2, 0.25) is 0 Å². The number of ether oxygens (including phenoxy) is 1. The van der Waals surface area contributed by atoms with Gasteiger partial charge in [-0.1, -0.05) is 0 Å². The van der Waals surface area contributed by atoms with Gasteiger partial charge in [0, 0.05) is 11.6 Å². The first-order chi connectivity index (χ1) is 8.56. The van der Waals surface area contributed by atoms with Gasteiger partial charge < -0.3 is 10.5 Å². The Hall–Kier alpha value is -2.24. The molecule has 94 valence electrons. The molecule has 0 aliphatic heterocycles. The van der Waals surface area contributed by atoms with E-state index in [1.165, 1.54) is 6.07 Å². The Morgan fingerprint density at radius 2 is 2.17 bits per heavy atom. The summed E-state index contributed by atoms with van der Waals surface area (Å²) in [6.07, 6.45) is 1.08. The first-order valence-corrected chi connectivity index (χ1v) is 5.25. The molecule has 0 radical (unpaired) electrons. The van der Waals surface area contributed by atoms with E-state index in [9.17, 15) is 13.6 Å². The van der Waals surface area contributed by atoms with Gasteiger partial charge in [0.05, 0.1) is 12.3 Å². The molecular formula is C12H10F2N2O2. The third-order valence-corrected chi connectivity index (χ3v) is 2.47. The molecule has 1 aromatic heterocycles. The smallest absolute Gasteiger partial charge is 0.341 e. The quantitative estimate of drug-likeness (QED) is 0.833. The molecular weight excluding hydrogens is 242 g/mol. The molecule has 2 rings (SSSR count). The standard InChI is InChI=1S/C12H10F2N2O2/c1-2-18-12(17)7-5-16-11-6(10(7)15)3-4-8(13)9(11)14/h3-5H,2H2,1H3,(H2,15,16). The number of nitrogens with zero attached hydrogens (tertiary/aromatic N) is 1. The third-order valence-electron chi connectivity index (χ3n) is 2.47. The van der Waals surface area contributed by atoms with Crippen LogP contribution in [0.5, 0.6) is 0 Å². The summed E-state index contributed by atoms with van der Waals surface area (Å²) in [5.41, 5.74) is 5.59. The lowest BCUT2D eigenvalue weighted by Crippen LogP contribution is -2.09. The molecule has 0 aliphatic carbocycles. The Bertz CT molecular complexity index is 629. The number of nitrogen functional groups attached to an aromatic ring is 1. The van der Waals surface area contributed by atoms with Gasteiger partial charge >= 0.3 is 5.97 Å². The molecule has 1 aromatic carbocycles. The lowest BCUT2D eigenvalue weighted by molar-refractivity contribution is 0.0527. The zero-order valence-corrected chi connectivity index (χ0v) is 9.54. The largest absolute Gasteiger partial charge is 0.462 e. The molecule has 0 amide bonds. The van der Waals surface area contributed by atoms with Crippen molar-refractivity contribution >= 4 is 22.6 Å². The summed E-state index contributed by atoms with van der Waals surface area (Å²) in [5, 5.41) is 0.180. The molecule has 0 fully saturated rings. The summed E-state index contributed by atoms with van der Waals surface area (Å²) in [6.45, 7) is 1.84. The number of aromatic nitrogens is 1. The molecule has 18 heavy (non-hydrogen) atoms. The highest BCUT2D eigenvalue weighted by Gasteiger charge is 2.17. The predicted molar refractivity (Wildman–Crippen MR) is 62.0 cm³/mol. The van der Waals surface area contributed by atoms with E-state index in [-0.39, 0.29) is 28.8 Å². The number of halogens is 2. The van der Waals surface area contributed by atoms with E-state index in [1.54, 1.807) is 6.92 Å². The fourth-order valence-electron chi connectivity index (χ4n) is 1.60. The minimum Gasteiger partial charge on any atom is -0.462 e. The van der Waals surface area contributed by atoms with Gasteiger partial charge in [-0.2, -0.15) is 0 Å². The van der Waals surface area contributed by atoms with Crippen molar-refractivity contribution in [3.05, 3.63) is 35.5 Å². The maximum Gasteiger partial charge on any atom is 0.341 e. The van der Waals surface area contributed by atoms with Crippen LogP contribution in [0, 0.1) is 11.6 Å². The van der Waals surface area contributed by atoms with E-state index < -0.39 is 17.6 Å². The SMILES string of the molecule is CCOC(=O)c1cnc2c(F)c(F)ccc2c1N. The summed E-state index contributed by atoms with van der Waals surface area (Å²) in [5.74, 6) is -2.75. The topological polar surface area (TPSA) is 65.2 Å². The number of rotatable bonds is 2. The number of hydrogen-bond donors (Lipinski definition) is 1. The van der Waals surface area contributed by atoms with Crippen LogP contribution in [-0.4, -0.2) is 17.6 Å². The highest BCUT2D eigenvalue weighted by atomic mass is 19.2. The number of nitrogens with two attached hydrogens (primary N) is 1. The van der Waals surface area contributed by atoms with Gasteiger partial charge in [0.25, 0.3) is 0 Å². The van der Waals surface area contributed by atoms with E-state index in [4.69, 9.17) is 10.5 Å². The van der Waals surface area contributed by atoms with Crippen molar-refractivity contribution in [2.24, 2.45) is 0 Å². The van der Waals surface area contributed by atoms with Crippen molar-refractivity contribution in [3.63, 3.8) is 0 Å². The number of carbonyl (C=O) groups is 1. The van der Waals surface area contributed by atoms with Gasteiger partial charge in [0.15, 0.2) is 11.6 Å². The molecule has 2 N–H and O–H groups in total. The van der Waals surface area contributed by atoms with Crippen molar-refractivity contribution in [2.75, 3.05) is 12.3 Å². The van der Waals surface area contributed by atoms with Crippen LogP contribution in [0.4, 0.5) is 14.5 Å². The molecule has 4 nitrogen and oxygen atoms in total. The summed E-state index contributed by atoms with van der Waals surface area (Å²) < 4.78 is 31.2. The van der Waals surface area contributed by atoms with Crippen molar-refractivity contribution in [1.29, 1.82) is 0 Å². The van der Waals surface area contributed by atoms with Crippen molar-refractivity contribution < 1.29 is 18.3 Å². The fourth-order valence-corrected chi connectivity index (χ4v) is 1.60. The highest BCUT2D eigenvalue weighted by molar-refractivity contribution is 6.04. The Labute approximate surface area is 101 Å². The summed E-state index contributed by atoms with van der Waals surface area (Å²) in [6, 6.07) is 2.21. The monoisotopic (exact) mass is 252 g/mol. The van der Waals surface area contributed by atoms with Crippen molar-refractivity contribution in [1.82, 2.24) is 4.98 Å². The third kappa shape index (κ3) is 1.85. The van der Waals surface area contributed by atoms with Crippen LogP contribution in [0.3, 0.4) is 0 Å². The van der Waals surface area contributed by atoms with Gasteiger partial charge in [-0.3, -0.25) is 4.98 Å². The summed E-state index contributed by atoms with van der Waals surface area (Å²) in [7, 11) is 0. The summed E-state index contributed by atoms with van der Waals surface area (Å²) in [4.78, 5) is 15.3. The number of hydrogen-bond acceptors (Lipinski definition) is 4. The minimum absolute atomic E-state index is 0.0253. The van der Waals surface area contributed by atoms with Crippen LogP contribution >= 0.6 is 0 Å². The van der Waals surface area contributed by atoms with E-state index in [0.29, 0.717) is 0 Å². The molecule has 0 aliphatic rings. The number of benzene rings is 1. The van der Waals surface area contributed by atoms with Crippen LogP contribution in [0.15, 0.2) is 18.3 Å².